The Balaban J connectivity index is 1.43. The van der Waals surface area contributed by atoms with Crippen molar-refractivity contribution in [3.8, 4) is 11.5 Å². The van der Waals surface area contributed by atoms with Crippen LogP contribution in [-0.4, -0.2) is 48.3 Å². The molecule has 3 aromatic rings. The second-order valence-corrected chi connectivity index (χ2v) is 6.91. The smallest absolute Gasteiger partial charge is 0.152 e. The van der Waals surface area contributed by atoms with Crippen LogP contribution < -0.4 is 0 Å². The molecule has 0 amide bonds. The van der Waals surface area contributed by atoms with E-state index >= 15 is 0 Å². The van der Waals surface area contributed by atoms with Crippen LogP contribution in [0.3, 0.4) is 0 Å². The van der Waals surface area contributed by atoms with Crippen LogP contribution in [0.2, 0.25) is 0 Å². The van der Waals surface area contributed by atoms with E-state index in [-0.39, 0.29) is 6.04 Å². The van der Waals surface area contributed by atoms with Crippen molar-refractivity contribution in [2.24, 2.45) is 0 Å². The summed E-state index contributed by atoms with van der Waals surface area (Å²) in [6.07, 6.45) is 4.18. The molecule has 0 bridgehead atoms. The van der Waals surface area contributed by atoms with Crippen LogP contribution >= 0.6 is 0 Å². The molecule has 4 heterocycles. The Morgan fingerprint density at radius 2 is 2.24 bits per heavy atom. The lowest BCUT2D eigenvalue weighted by Gasteiger charge is -2.20. The average Bonchev–Trinajstić information content (AvgIpc) is 3.35. The molecule has 0 aliphatic carbocycles. The maximum Gasteiger partial charge on any atom is 0.152 e. The van der Waals surface area contributed by atoms with Crippen LogP contribution in [0.4, 0.5) is 0 Å². The normalized spacial score (nSPS) is 21.4. The number of aliphatic hydroxyl groups is 1. The lowest BCUT2D eigenvalue weighted by molar-refractivity contribution is 0.0401. The van der Waals surface area contributed by atoms with Gasteiger partial charge in [-0.3, -0.25) is 10.00 Å². The molecule has 0 aromatic carbocycles. The van der Waals surface area contributed by atoms with Crippen LogP contribution in [0.1, 0.15) is 37.8 Å². The Morgan fingerprint density at radius 3 is 2.96 bits per heavy atom. The monoisotopic (exact) mass is 342 g/mol. The van der Waals surface area contributed by atoms with Gasteiger partial charge in [-0.25, -0.2) is 4.68 Å². The molecule has 8 heteroatoms. The van der Waals surface area contributed by atoms with Gasteiger partial charge in [0.25, 0.3) is 0 Å². The van der Waals surface area contributed by atoms with Crippen molar-refractivity contribution >= 4 is 0 Å². The fraction of sp³-hybridized carbons (Fsp3) is 0.471. The number of H-pyrrole nitrogens is 1. The second-order valence-electron chi connectivity index (χ2n) is 6.91. The van der Waals surface area contributed by atoms with Gasteiger partial charge in [-0.15, -0.1) is 5.10 Å². The molecule has 1 aliphatic rings. The molecule has 2 N–H and O–H groups in total. The van der Waals surface area contributed by atoms with E-state index in [2.05, 4.69) is 25.4 Å². The van der Waals surface area contributed by atoms with E-state index in [1.165, 1.54) is 0 Å². The van der Waals surface area contributed by atoms with Crippen molar-refractivity contribution in [1.29, 1.82) is 0 Å². The Kier molecular flexibility index (Phi) is 3.93. The van der Waals surface area contributed by atoms with Gasteiger partial charge >= 0.3 is 0 Å². The lowest BCUT2D eigenvalue weighted by atomic mass is 10.00. The molecule has 3 aromatic heterocycles. The summed E-state index contributed by atoms with van der Waals surface area (Å²) in [6, 6.07) is 5.99. The summed E-state index contributed by atoms with van der Waals surface area (Å²) in [6.45, 7) is 6.03. The van der Waals surface area contributed by atoms with E-state index in [0.717, 1.165) is 23.8 Å². The van der Waals surface area contributed by atoms with Gasteiger partial charge in [-0.1, -0.05) is 5.21 Å². The molecule has 1 fully saturated rings. The van der Waals surface area contributed by atoms with E-state index in [0.29, 0.717) is 25.2 Å². The van der Waals surface area contributed by atoms with Crippen LogP contribution in [0.15, 0.2) is 35.0 Å². The standard InChI is InChI=1S/C17H22N6O2/c1-12(2)23-10-16(20-21-23)17(24)6-8-22(11-17)9-13-3-4-15(25-13)14-5-7-18-19-14/h3-5,7,10,12,24H,6,8-9,11H2,1-2H3,(H,18,19). The maximum atomic E-state index is 11.0. The zero-order valence-corrected chi connectivity index (χ0v) is 14.4. The molecule has 0 spiro atoms. The van der Waals surface area contributed by atoms with Gasteiger partial charge in [0.1, 0.15) is 22.7 Å². The average molecular weight is 342 g/mol. The minimum absolute atomic E-state index is 0.228. The Bertz CT molecular complexity index is 837. The van der Waals surface area contributed by atoms with Gasteiger partial charge in [-0.2, -0.15) is 5.10 Å². The summed E-state index contributed by atoms with van der Waals surface area (Å²) in [5.41, 5.74) is 0.544. The summed E-state index contributed by atoms with van der Waals surface area (Å²) >= 11 is 0. The third-order valence-electron chi connectivity index (χ3n) is 4.65. The fourth-order valence-corrected chi connectivity index (χ4v) is 3.18. The third kappa shape index (κ3) is 3.10. The number of hydrogen-bond acceptors (Lipinski definition) is 6. The summed E-state index contributed by atoms with van der Waals surface area (Å²) in [5.74, 6) is 1.63. The summed E-state index contributed by atoms with van der Waals surface area (Å²) < 4.78 is 7.65. The van der Waals surface area contributed by atoms with Gasteiger partial charge in [0.05, 0.1) is 12.7 Å². The van der Waals surface area contributed by atoms with E-state index in [1.54, 1.807) is 10.9 Å². The van der Waals surface area contributed by atoms with E-state index in [1.807, 2.05) is 38.2 Å². The van der Waals surface area contributed by atoms with Gasteiger partial charge in [0, 0.05) is 25.3 Å². The number of aromatic amines is 1. The van der Waals surface area contributed by atoms with Crippen molar-refractivity contribution in [3.63, 3.8) is 0 Å². The largest absolute Gasteiger partial charge is 0.458 e. The lowest BCUT2D eigenvalue weighted by Crippen LogP contribution is -2.31. The minimum atomic E-state index is -0.952. The molecule has 0 saturated carbocycles. The highest BCUT2D eigenvalue weighted by Crippen LogP contribution is 2.32. The van der Waals surface area contributed by atoms with Gasteiger partial charge in [0.15, 0.2) is 5.76 Å². The molecular weight excluding hydrogens is 320 g/mol. The second kappa shape index (κ2) is 6.12. The first-order valence-corrected chi connectivity index (χ1v) is 8.49. The SMILES string of the molecule is CC(C)n1cc(C2(O)CCN(Cc3ccc(-c4ccn[nH]4)o3)C2)nn1. The molecule has 1 saturated heterocycles. The molecule has 1 atom stereocenters. The fourth-order valence-electron chi connectivity index (χ4n) is 3.18. The predicted octanol–water partition coefficient (Wildman–Crippen LogP) is 1.94. The summed E-state index contributed by atoms with van der Waals surface area (Å²) in [5, 5.41) is 26.1. The number of β-amino-alcohol motifs (C(OH)–C–C–N with tert-alkyl or cyclic N) is 1. The highest BCUT2D eigenvalue weighted by molar-refractivity contribution is 5.51. The highest BCUT2D eigenvalue weighted by atomic mass is 16.3. The zero-order chi connectivity index (χ0) is 17.4. The van der Waals surface area contributed by atoms with Crippen molar-refractivity contribution < 1.29 is 9.52 Å². The molecule has 0 radical (unpaired) electrons. The van der Waals surface area contributed by atoms with Crippen molar-refractivity contribution in [3.05, 3.63) is 42.0 Å². The zero-order valence-electron chi connectivity index (χ0n) is 14.4. The van der Waals surface area contributed by atoms with Crippen LogP contribution in [-0.2, 0) is 12.1 Å². The number of hydrogen-bond donors (Lipinski definition) is 2. The van der Waals surface area contributed by atoms with Crippen LogP contribution in [0.5, 0.6) is 0 Å². The van der Waals surface area contributed by atoms with Crippen molar-refractivity contribution in [2.75, 3.05) is 13.1 Å². The number of aromatic nitrogens is 5. The molecule has 1 aliphatic heterocycles. The van der Waals surface area contributed by atoms with E-state index in [9.17, 15) is 5.11 Å². The molecule has 1 unspecified atom stereocenters. The quantitative estimate of drug-likeness (QED) is 0.735. The molecular formula is C17H22N6O2. The number of nitrogens with one attached hydrogen (secondary N) is 1. The van der Waals surface area contributed by atoms with Crippen molar-refractivity contribution in [2.45, 2.75) is 38.5 Å². The summed E-state index contributed by atoms with van der Waals surface area (Å²) in [7, 11) is 0. The number of likely N-dealkylation sites (tertiary alicyclic amines) is 1. The highest BCUT2D eigenvalue weighted by Gasteiger charge is 2.40. The Morgan fingerprint density at radius 1 is 1.36 bits per heavy atom. The number of nitrogens with zero attached hydrogens (tertiary/aromatic N) is 5. The number of rotatable bonds is 5. The molecule has 8 nitrogen and oxygen atoms in total. The van der Waals surface area contributed by atoms with E-state index < -0.39 is 5.60 Å². The van der Waals surface area contributed by atoms with Crippen LogP contribution in [0, 0.1) is 0 Å². The first-order valence-electron chi connectivity index (χ1n) is 8.49. The van der Waals surface area contributed by atoms with Gasteiger partial charge in [0.2, 0.25) is 0 Å². The Labute approximate surface area is 145 Å². The maximum absolute atomic E-state index is 11.0. The third-order valence-corrected chi connectivity index (χ3v) is 4.65. The topological polar surface area (TPSA) is 96.0 Å². The molecule has 25 heavy (non-hydrogen) atoms. The predicted molar refractivity (Wildman–Crippen MR) is 90.5 cm³/mol. The van der Waals surface area contributed by atoms with Crippen molar-refractivity contribution in [1.82, 2.24) is 30.1 Å². The first kappa shape index (κ1) is 16.0. The molecule has 132 valence electrons. The Hall–Kier alpha value is -2.45. The minimum Gasteiger partial charge on any atom is -0.458 e. The molecule has 4 rings (SSSR count). The summed E-state index contributed by atoms with van der Waals surface area (Å²) in [4.78, 5) is 2.17. The number of furan rings is 1. The van der Waals surface area contributed by atoms with Crippen LogP contribution in [0.25, 0.3) is 11.5 Å². The van der Waals surface area contributed by atoms with Gasteiger partial charge < -0.3 is 9.52 Å². The first-order chi connectivity index (χ1) is 12.0. The van der Waals surface area contributed by atoms with Gasteiger partial charge in [-0.05, 0) is 38.5 Å². The van der Waals surface area contributed by atoms with E-state index in [4.69, 9.17) is 4.42 Å².